The highest BCUT2D eigenvalue weighted by molar-refractivity contribution is 8.01. The molecule has 3 nitrogen and oxygen atoms in total. The van der Waals surface area contributed by atoms with Gasteiger partial charge in [-0.25, -0.2) is 0 Å². The van der Waals surface area contributed by atoms with E-state index < -0.39 is 0 Å². The van der Waals surface area contributed by atoms with Crippen LogP contribution in [0.1, 0.15) is 36.5 Å². The molecule has 0 amide bonds. The van der Waals surface area contributed by atoms with Crippen LogP contribution in [0, 0.1) is 5.75 Å². The van der Waals surface area contributed by atoms with Gasteiger partial charge in [0.25, 0.3) is 0 Å². The Kier molecular flexibility index (Phi) is 7.82. The third-order valence-electron chi connectivity index (χ3n) is 2.44. The minimum Gasteiger partial charge on any atom is -0.466 e. The Morgan fingerprint density at radius 2 is 2.00 bits per heavy atom. The van der Waals surface area contributed by atoms with Gasteiger partial charge in [-0.3, -0.25) is 9.59 Å². The van der Waals surface area contributed by atoms with E-state index in [-0.39, 0.29) is 11.8 Å². The Bertz CT molecular complexity index is 390. The standard InChI is InChI=1S/C15H19O3S/c1-2-18-15(17)10-6-7-11-19-12-14(16)13-8-4-3-5-9-13/h3-5,8-9,11H,2,6-7,10,12H2,1H3/q+1. The van der Waals surface area contributed by atoms with Crippen LogP contribution in [0.15, 0.2) is 30.3 Å². The molecule has 0 N–H and O–H groups in total. The van der Waals surface area contributed by atoms with Gasteiger partial charge in [0.1, 0.15) is 17.9 Å². The number of benzene rings is 1. The van der Waals surface area contributed by atoms with Crippen LogP contribution in [0.3, 0.4) is 0 Å². The second-order valence-corrected chi connectivity index (χ2v) is 4.92. The summed E-state index contributed by atoms with van der Waals surface area (Å²) in [5.41, 5.74) is 0.745. The second kappa shape index (κ2) is 9.50. The van der Waals surface area contributed by atoms with Gasteiger partial charge < -0.3 is 4.74 Å². The monoisotopic (exact) mass is 279 g/mol. The molecule has 0 radical (unpaired) electrons. The molecule has 102 valence electrons. The first-order valence-electron chi connectivity index (χ1n) is 6.41. The molecule has 1 aromatic carbocycles. The number of ether oxygens (including phenoxy) is 1. The number of unbranched alkanes of at least 4 members (excludes halogenated alkanes) is 1. The van der Waals surface area contributed by atoms with Crippen molar-refractivity contribution in [2.24, 2.45) is 0 Å². The van der Waals surface area contributed by atoms with Crippen molar-refractivity contribution in [2.75, 3.05) is 12.4 Å². The Morgan fingerprint density at radius 3 is 2.68 bits per heavy atom. The van der Waals surface area contributed by atoms with Gasteiger partial charge >= 0.3 is 5.97 Å². The summed E-state index contributed by atoms with van der Waals surface area (Å²) in [5.74, 6) is 2.41. The van der Waals surface area contributed by atoms with E-state index in [9.17, 15) is 9.59 Å². The summed E-state index contributed by atoms with van der Waals surface area (Å²) in [5, 5.41) is 0. The van der Waals surface area contributed by atoms with Crippen LogP contribution in [-0.4, -0.2) is 24.1 Å². The minimum atomic E-state index is -0.152. The quantitative estimate of drug-likeness (QED) is 0.300. The summed E-state index contributed by atoms with van der Waals surface area (Å²) in [4.78, 5) is 22.8. The van der Waals surface area contributed by atoms with Crippen LogP contribution < -0.4 is 0 Å². The lowest BCUT2D eigenvalue weighted by Crippen LogP contribution is -2.03. The van der Waals surface area contributed by atoms with E-state index in [1.165, 1.54) is 11.8 Å². The smallest absolute Gasteiger partial charge is 0.305 e. The maximum Gasteiger partial charge on any atom is 0.305 e. The number of ketones is 1. The average Bonchev–Trinajstić information content (AvgIpc) is 2.43. The van der Waals surface area contributed by atoms with Crippen molar-refractivity contribution in [3.05, 3.63) is 41.6 Å². The zero-order valence-electron chi connectivity index (χ0n) is 11.1. The molecule has 0 bridgehead atoms. The molecule has 1 rings (SSSR count). The molecule has 0 saturated carbocycles. The lowest BCUT2D eigenvalue weighted by Gasteiger charge is -1.98. The first-order valence-corrected chi connectivity index (χ1v) is 7.46. The molecule has 0 aliphatic rings. The van der Waals surface area contributed by atoms with Crippen molar-refractivity contribution in [3.8, 4) is 0 Å². The Morgan fingerprint density at radius 1 is 1.26 bits per heavy atom. The third-order valence-corrected chi connectivity index (χ3v) is 3.34. The van der Waals surface area contributed by atoms with Crippen molar-refractivity contribution < 1.29 is 14.3 Å². The van der Waals surface area contributed by atoms with Gasteiger partial charge in [0.15, 0.2) is 5.78 Å². The van der Waals surface area contributed by atoms with Crippen molar-refractivity contribution in [1.29, 1.82) is 0 Å². The molecular weight excluding hydrogens is 260 g/mol. The lowest BCUT2D eigenvalue weighted by molar-refractivity contribution is -0.143. The number of rotatable bonds is 9. The van der Waals surface area contributed by atoms with E-state index in [1.54, 1.807) is 6.92 Å². The molecule has 19 heavy (non-hydrogen) atoms. The maximum atomic E-state index is 11.8. The van der Waals surface area contributed by atoms with E-state index in [2.05, 4.69) is 0 Å². The first-order chi connectivity index (χ1) is 9.24. The fraction of sp³-hybridized carbons (Fsp3) is 0.400. The molecule has 0 unspecified atom stereocenters. The topological polar surface area (TPSA) is 43.4 Å². The number of hydrogen-bond acceptors (Lipinski definition) is 4. The number of carbonyl (C=O) groups excluding carboxylic acids is 2. The van der Waals surface area contributed by atoms with Crippen molar-refractivity contribution in [2.45, 2.75) is 26.2 Å². The molecule has 0 aliphatic carbocycles. The molecule has 0 spiro atoms. The van der Waals surface area contributed by atoms with Gasteiger partial charge in [-0.05, 0) is 13.3 Å². The molecule has 0 fully saturated rings. The zero-order chi connectivity index (χ0) is 13.9. The summed E-state index contributed by atoms with van der Waals surface area (Å²) in [7, 11) is 0. The Balaban J connectivity index is 2.05. The summed E-state index contributed by atoms with van der Waals surface area (Å²) in [6.07, 6.45) is 2.02. The number of hydrogen-bond donors (Lipinski definition) is 0. The predicted molar refractivity (Wildman–Crippen MR) is 78.0 cm³/mol. The van der Waals surface area contributed by atoms with Crippen LogP contribution in [-0.2, 0) is 9.53 Å². The van der Waals surface area contributed by atoms with Crippen LogP contribution in [0.25, 0.3) is 0 Å². The van der Waals surface area contributed by atoms with E-state index in [4.69, 9.17) is 4.74 Å². The predicted octanol–water partition coefficient (Wildman–Crippen LogP) is 3.50. The fourth-order valence-electron chi connectivity index (χ4n) is 1.49. The summed E-state index contributed by atoms with van der Waals surface area (Å²) >= 11 is 1.49. The SMILES string of the molecule is CCOC(=O)CCC[CH+]SCC(=O)c1ccccc1. The maximum absolute atomic E-state index is 11.8. The van der Waals surface area contributed by atoms with Gasteiger partial charge in [-0.2, -0.15) is 0 Å². The van der Waals surface area contributed by atoms with Crippen LogP contribution >= 0.6 is 11.8 Å². The second-order valence-electron chi connectivity index (χ2n) is 3.96. The van der Waals surface area contributed by atoms with Crippen molar-refractivity contribution >= 4 is 23.5 Å². The number of esters is 1. The van der Waals surface area contributed by atoms with Crippen LogP contribution in [0.2, 0.25) is 0 Å². The highest BCUT2D eigenvalue weighted by atomic mass is 32.2. The first kappa shape index (κ1) is 15.6. The van der Waals surface area contributed by atoms with Gasteiger partial charge in [-0.15, -0.1) is 0 Å². The molecule has 1 aromatic rings. The van der Waals surface area contributed by atoms with Gasteiger partial charge in [0.2, 0.25) is 0 Å². The number of Topliss-reactive ketones (excluding diaryl/α,β-unsaturated/α-hetero) is 1. The largest absolute Gasteiger partial charge is 0.466 e. The Labute approximate surface area is 118 Å². The molecule has 0 heterocycles. The average molecular weight is 279 g/mol. The molecule has 0 aliphatic heterocycles. The van der Waals surface area contributed by atoms with Crippen LogP contribution in [0.5, 0.6) is 0 Å². The van der Waals surface area contributed by atoms with E-state index in [1.807, 2.05) is 36.1 Å². The number of thioether (sulfide) groups is 1. The third kappa shape index (κ3) is 6.91. The highest BCUT2D eigenvalue weighted by Crippen LogP contribution is 2.14. The number of carbonyl (C=O) groups is 2. The van der Waals surface area contributed by atoms with Gasteiger partial charge in [-0.1, -0.05) is 30.3 Å². The van der Waals surface area contributed by atoms with Crippen molar-refractivity contribution in [3.63, 3.8) is 0 Å². The minimum absolute atomic E-state index is 0.132. The fourth-order valence-corrected chi connectivity index (χ4v) is 2.26. The summed E-state index contributed by atoms with van der Waals surface area (Å²) < 4.78 is 4.83. The van der Waals surface area contributed by atoms with Crippen molar-refractivity contribution in [1.82, 2.24) is 0 Å². The van der Waals surface area contributed by atoms with E-state index >= 15 is 0 Å². The lowest BCUT2D eigenvalue weighted by atomic mass is 10.2. The molecule has 0 aromatic heterocycles. The Hall–Kier alpha value is -1.42. The highest BCUT2D eigenvalue weighted by Gasteiger charge is 2.10. The van der Waals surface area contributed by atoms with Gasteiger partial charge in [0, 0.05) is 12.0 Å². The normalized spacial score (nSPS) is 9.95. The molecular formula is C15H19O3S+. The van der Waals surface area contributed by atoms with Gasteiger partial charge in [0.05, 0.1) is 18.4 Å². The molecule has 4 heteroatoms. The van der Waals surface area contributed by atoms with E-state index in [0.717, 1.165) is 18.4 Å². The molecule has 0 saturated heterocycles. The van der Waals surface area contributed by atoms with E-state index in [0.29, 0.717) is 18.8 Å². The zero-order valence-corrected chi connectivity index (χ0v) is 11.9. The summed E-state index contributed by atoms with van der Waals surface area (Å²) in [6.45, 7) is 2.23. The van der Waals surface area contributed by atoms with Crippen LogP contribution in [0.4, 0.5) is 0 Å². The molecule has 0 atom stereocenters. The summed E-state index contributed by atoms with van der Waals surface area (Å²) in [6, 6.07) is 9.26.